The van der Waals surface area contributed by atoms with Crippen molar-refractivity contribution in [2.24, 2.45) is 5.41 Å². The van der Waals surface area contributed by atoms with Gasteiger partial charge in [-0.3, -0.25) is 4.79 Å². The minimum Gasteiger partial charge on any atom is -0.459 e. The maximum Gasteiger partial charge on any atom is 0.315 e. The SMILES string of the molecule is C[C@@H](C(=N)C[C@](C)(CO)C(=O)OC(C)(C)C)c1ccccc1. The first-order chi connectivity index (χ1) is 10.1. The van der Waals surface area contributed by atoms with Crippen molar-refractivity contribution in [3.05, 3.63) is 35.9 Å². The lowest BCUT2D eigenvalue weighted by Crippen LogP contribution is -2.40. The summed E-state index contributed by atoms with van der Waals surface area (Å²) < 4.78 is 5.38. The Balaban J connectivity index is 2.84. The molecule has 0 heterocycles. The minimum absolute atomic E-state index is 0.102. The van der Waals surface area contributed by atoms with Crippen molar-refractivity contribution in [1.82, 2.24) is 0 Å². The Bertz CT molecular complexity index is 519. The first kappa shape index (κ1) is 18.4. The number of esters is 1. The molecule has 2 atom stereocenters. The van der Waals surface area contributed by atoms with E-state index < -0.39 is 17.0 Å². The second kappa shape index (κ2) is 7.05. The second-order valence-corrected chi connectivity index (χ2v) is 7.06. The fourth-order valence-electron chi connectivity index (χ4n) is 2.11. The van der Waals surface area contributed by atoms with Gasteiger partial charge in [-0.25, -0.2) is 0 Å². The molecule has 0 aliphatic rings. The highest BCUT2D eigenvalue weighted by Crippen LogP contribution is 2.29. The Morgan fingerprint density at radius 1 is 1.23 bits per heavy atom. The van der Waals surface area contributed by atoms with Gasteiger partial charge in [0.25, 0.3) is 0 Å². The Kier molecular flexibility index (Phi) is 5.89. The number of carbonyl (C=O) groups is 1. The van der Waals surface area contributed by atoms with E-state index in [0.717, 1.165) is 5.56 Å². The molecular weight excluding hydrogens is 278 g/mol. The maximum atomic E-state index is 12.3. The number of ether oxygens (including phenoxy) is 1. The summed E-state index contributed by atoms with van der Waals surface area (Å²) in [4.78, 5) is 12.3. The predicted octanol–water partition coefficient (Wildman–Crippen LogP) is 3.54. The van der Waals surface area contributed by atoms with Crippen LogP contribution >= 0.6 is 0 Å². The van der Waals surface area contributed by atoms with Crippen molar-refractivity contribution < 1.29 is 14.6 Å². The van der Waals surface area contributed by atoms with Crippen LogP contribution in [-0.2, 0) is 9.53 Å². The molecule has 0 saturated heterocycles. The van der Waals surface area contributed by atoms with E-state index in [9.17, 15) is 9.90 Å². The van der Waals surface area contributed by atoms with Crippen LogP contribution in [0.2, 0.25) is 0 Å². The normalized spacial score (nSPS) is 15.7. The molecule has 2 N–H and O–H groups in total. The van der Waals surface area contributed by atoms with E-state index in [1.807, 2.05) is 37.3 Å². The molecule has 0 aromatic heterocycles. The van der Waals surface area contributed by atoms with Crippen LogP contribution in [0.5, 0.6) is 0 Å². The van der Waals surface area contributed by atoms with Crippen LogP contribution in [0.25, 0.3) is 0 Å². The van der Waals surface area contributed by atoms with E-state index in [4.69, 9.17) is 10.1 Å². The lowest BCUT2D eigenvalue weighted by atomic mass is 9.81. The number of rotatable bonds is 6. The van der Waals surface area contributed by atoms with Crippen molar-refractivity contribution in [1.29, 1.82) is 5.41 Å². The van der Waals surface area contributed by atoms with Crippen LogP contribution in [0, 0.1) is 10.8 Å². The third kappa shape index (κ3) is 4.95. The van der Waals surface area contributed by atoms with Crippen molar-refractivity contribution >= 4 is 11.7 Å². The Labute approximate surface area is 133 Å². The molecule has 0 bridgehead atoms. The van der Waals surface area contributed by atoms with Gasteiger partial charge in [0, 0.05) is 18.1 Å². The zero-order valence-electron chi connectivity index (χ0n) is 14.1. The van der Waals surface area contributed by atoms with Crippen LogP contribution in [-0.4, -0.2) is 29.0 Å². The van der Waals surface area contributed by atoms with E-state index in [1.54, 1.807) is 27.7 Å². The average molecular weight is 305 g/mol. The summed E-state index contributed by atoms with van der Waals surface area (Å²) in [5.74, 6) is -0.568. The molecular formula is C18H27NO3. The number of aliphatic hydroxyl groups excluding tert-OH is 1. The quantitative estimate of drug-likeness (QED) is 0.624. The number of aliphatic hydroxyl groups is 1. The largest absolute Gasteiger partial charge is 0.459 e. The van der Waals surface area contributed by atoms with Gasteiger partial charge in [0.2, 0.25) is 0 Å². The van der Waals surface area contributed by atoms with Crippen LogP contribution in [0.15, 0.2) is 30.3 Å². The summed E-state index contributed by atoms with van der Waals surface area (Å²) in [5, 5.41) is 18.0. The molecule has 4 heteroatoms. The maximum absolute atomic E-state index is 12.3. The van der Waals surface area contributed by atoms with Gasteiger partial charge >= 0.3 is 5.97 Å². The minimum atomic E-state index is -1.09. The average Bonchev–Trinajstić information content (AvgIpc) is 2.45. The topological polar surface area (TPSA) is 70.4 Å². The van der Waals surface area contributed by atoms with Gasteiger partial charge in [0.1, 0.15) is 5.60 Å². The smallest absolute Gasteiger partial charge is 0.315 e. The molecule has 1 rings (SSSR count). The van der Waals surface area contributed by atoms with Crippen molar-refractivity contribution in [2.75, 3.05) is 6.61 Å². The molecule has 0 saturated carbocycles. The van der Waals surface area contributed by atoms with Crippen LogP contribution in [0.3, 0.4) is 0 Å². The zero-order chi connectivity index (χ0) is 17.0. The summed E-state index contributed by atoms with van der Waals surface area (Å²) in [5.41, 5.74) is -0.265. The molecule has 122 valence electrons. The van der Waals surface area contributed by atoms with Gasteiger partial charge in [-0.15, -0.1) is 0 Å². The number of nitrogens with one attached hydrogen (secondary N) is 1. The summed E-state index contributed by atoms with van der Waals surface area (Å²) in [7, 11) is 0. The molecule has 1 aromatic carbocycles. The second-order valence-electron chi connectivity index (χ2n) is 7.06. The monoisotopic (exact) mass is 305 g/mol. The molecule has 0 fully saturated rings. The first-order valence-electron chi connectivity index (χ1n) is 7.55. The van der Waals surface area contributed by atoms with E-state index in [0.29, 0.717) is 5.71 Å². The van der Waals surface area contributed by atoms with E-state index >= 15 is 0 Å². The Morgan fingerprint density at radius 2 is 1.77 bits per heavy atom. The summed E-state index contributed by atoms with van der Waals surface area (Å²) in [6.07, 6.45) is 0.175. The molecule has 0 aliphatic carbocycles. The van der Waals surface area contributed by atoms with Gasteiger partial charge in [-0.05, 0) is 33.3 Å². The molecule has 0 aliphatic heterocycles. The molecule has 0 spiro atoms. The third-order valence-corrected chi connectivity index (χ3v) is 3.64. The zero-order valence-corrected chi connectivity index (χ0v) is 14.1. The van der Waals surface area contributed by atoms with Gasteiger partial charge in [0.05, 0.1) is 12.0 Å². The molecule has 1 aromatic rings. The third-order valence-electron chi connectivity index (χ3n) is 3.64. The summed E-state index contributed by atoms with van der Waals surface area (Å²) in [6, 6.07) is 9.71. The fraction of sp³-hybridized carbons (Fsp3) is 0.556. The van der Waals surface area contributed by atoms with Crippen LogP contribution in [0.4, 0.5) is 0 Å². The van der Waals surface area contributed by atoms with Gasteiger partial charge in [-0.1, -0.05) is 37.3 Å². The van der Waals surface area contributed by atoms with Gasteiger partial charge in [0.15, 0.2) is 0 Å². The molecule has 4 nitrogen and oxygen atoms in total. The molecule has 0 amide bonds. The highest BCUT2D eigenvalue weighted by molar-refractivity contribution is 5.92. The standard InChI is InChI=1S/C18H27NO3/c1-13(14-9-7-6-8-10-14)15(19)11-18(5,12-20)16(21)22-17(2,3)4/h6-10,13,19-20H,11-12H2,1-5H3/t13-,18-/m1/s1. The van der Waals surface area contributed by atoms with Gasteiger partial charge < -0.3 is 15.3 Å². The molecule has 0 radical (unpaired) electrons. The number of benzene rings is 1. The number of carbonyl (C=O) groups excluding carboxylic acids is 1. The highest BCUT2D eigenvalue weighted by atomic mass is 16.6. The predicted molar refractivity (Wildman–Crippen MR) is 88.2 cm³/mol. The van der Waals surface area contributed by atoms with E-state index in [-0.39, 0.29) is 18.9 Å². The Morgan fingerprint density at radius 3 is 2.23 bits per heavy atom. The van der Waals surface area contributed by atoms with E-state index in [1.165, 1.54) is 0 Å². The molecule has 0 unspecified atom stereocenters. The number of hydrogen-bond acceptors (Lipinski definition) is 4. The summed E-state index contributed by atoms with van der Waals surface area (Å²) >= 11 is 0. The number of hydrogen-bond donors (Lipinski definition) is 2. The van der Waals surface area contributed by atoms with Crippen LogP contribution < -0.4 is 0 Å². The van der Waals surface area contributed by atoms with Crippen LogP contribution in [0.1, 0.15) is 52.5 Å². The Hall–Kier alpha value is -1.68. The summed E-state index contributed by atoms with van der Waals surface area (Å²) in [6.45, 7) is 8.62. The fourth-order valence-corrected chi connectivity index (χ4v) is 2.11. The highest BCUT2D eigenvalue weighted by Gasteiger charge is 2.38. The van der Waals surface area contributed by atoms with Crippen molar-refractivity contribution in [3.63, 3.8) is 0 Å². The lowest BCUT2D eigenvalue weighted by Gasteiger charge is -2.31. The van der Waals surface area contributed by atoms with Crippen molar-refractivity contribution in [2.45, 2.75) is 52.6 Å². The van der Waals surface area contributed by atoms with Crippen molar-refractivity contribution in [3.8, 4) is 0 Å². The van der Waals surface area contributed by atoms with E-state index in [2.05, 4.69) is 0 Å². The lowest BCUT2D eigenvalue weighted by molar-refractivity contribution is -0.168. The first-order valence-corrected chi connectivity index (χ1v) is 7.55. The van der Waals surface area contributed by atoms with Gasteiger partial charge in [-0.2, -0.15) is 0 Å². The molecule has 22 heavy (non-hydrogen) atoms.